The average molecular weight is 385 g/mol. The van der Waals surface area contributed by atoms with Crippen molar-refractivity contribution in [3.63, 3.8) is 0 Å². The number of carbonyl (C=O) groups excluding carboxylic acids is 1. The summed E-state index contributed by atoms with van der Waals surface area (Å²) in [6.07, 6.45) is 0.335. The maximum absolute atomic E-state index is 13.4. The summed E-state index contributed by atoms with van der Waals surface area (Å²) >= 11 is 0. The zero-order valence-electron chi connectivity index (χ0n) is 16.9. The molecule has 1 fully saturated rings. The van der Waals surface area contributed by atoms with Gasteiger partial charge in [-0.3, -0.25) is 0 Å². The van der Waals surface area contributed by atoms with E-state index in [0.29, 0.717) is 18.5 Å². The predicted octanol–water partition coefficient (Wildman–Crippen LogP) is 5.09. The minimum absolute atomic E-state index is 0.124. The summed E-state index contributed by atoms with van der Waals surface area (Å²) in [6, 6.07) is 13.9. The van der Waals surface area contributed by atoms with Crippen LogP contribution in [0.2, 0.25) is 0 Å². The molecule has 150 valence electrons. The molecule has 1 amide bonds. The zero-order chi connectivity index (χ0) is 20.5. The molecule has 4 nitrogen and oxygen atoms in total. The van der Waals surface area contributed by atoms with Crippen molar-refractivity contribution in [3.8, 4) is 0 Å². The van der Waals surface area contributed by atoms with Crippen molar-refractivity contribution in [1.29, 1.82) is 0 Å². The van der Waals surface area contributed by atoms with Crippen LogP contribution in [0.5, 0.6) is 0 Å². The van der Waals surface area contributed by atoms with E-state index in [1.807, 2.05) is 38.1 Å². The van der Waals surface area contributed by atoms with Crippen LogP contribution in [0, 0.1) is 12.7 Å². The van der Waals surface area contributed by atoms with E-state index in [4.69, 9.17) is 4.74 Å². The summed E-state index contributed by atoms with van der Waals surface area (Å²) in [6.45, 7) is 7.87. The number of benzene rings is 2. The first kappa shape index (κ1) is 20.3. The van der Waals surface area contributed by atoms with Gasteiger partial charge in [-0.15, -0.1) is 0 Å². The quantitative estimate of drug-likeness (QED) is 0.780. The molecule has 0 aliphatic carbocycles. The molecule has 0 spiro atoms. The zero-order valence-corrected chi connectivity index (χ0v) is 16.9. The minimum Gasteiger partial charge on any atom is -0.438 e. The molecule has 1 N–H and O–H groups in total. The Kier molecular flexibility index (Phi) is 5.48. The number of hydrogen-bond acceptors (Lipinski definition) is 3. The summed E-state index contributed by atoms with van der Waals surface area (Å²) < 4.78 is 19.4. The first-order valence-corrected chi connectivity index (χ1v) is 9.64. The SMILES string of the molecule is Cc1ccc([C@H](C)N2CCC(CC(C)(C)O)(c3ccc(F)cc3)OC2=O)cc1. The first-order chi connectivity index (χ1) is 13.1. The second-order valence-corrected chi connectivity index (χ2v) is 8.39. The molecule has 1 saturated heterocycles. The molecular formula is C23H28FNO3. The van der Waals surface area contributed by atoms with Gasteiger partial charge in [-0.1, -0.05) is 42.0 Å². The molecule has 0 saturated carbocycles. The van der Waals surface area contributed by atoms with Crippen LogP contribution in [0.15, 0.2) is 48.5 Å². The highest BCUT2D eigenvalue weighted by molar-refractivity contribution is 5.70. The van der Waals surface area contributed by atoms with Gasteiger partial charge in [0.1, 0.15) is 11.4 Å². The number of halogens is 1. The topological polar surface area (TPSA) is 49.8 Å². The van der Waals surface area contributed by atoms with Crippen molar-refractivity contribution in [2.45, 2.75) is 57.8 Å². The number of hydrogen-bond donors (Lipinski definition) is 1. The number of rotatable bonds is 5. The molecule has 0 aromatic heterocycles. The predicted molar refractivity (Wildman–Crippen MR) is 106 cm³/mol. The standard InChI is InChI=1S/C23H28FNO3/c1-16-5-7-18(8-6-16)17(2)25-14-13-23(28-21(25)26,15-22(3,4)27)19-9-11-20(24)12-10-19/h5-12,17,27H,13-15H2,1-4H3/t17-,23?/m0/s1. The number of cyclic esters (lactones) is 1. The highest BCUT2D eigenvalue weighted by Gasteiger charge is 2.46. The maximum Gasteiger partial charge on any atom is 0.411 e. The maximum atomic E-state index is 13.4. The van der Waals surface area contributed by atoms with Crippen LogP contribution in [-0.4, -0.2) is 28.2 Å². The van der Waals surface area contributed by atoms with Gasteiger partial charge in [0.15, 0.2) is 0 Å². The lowest BCUT2D eigenvalue weighted by molar-refractivity contribution is -0.101. The van der Waals surface area contributed by atoms with Crippen LogP contribution in [-0.2, 0) is 10.3 Å². The Labute approximate surface area is 165 Å². The van der Waals surface area contributed by atoms with Gasteiger partial charge >= 0.3 is 6.09 Å². The van der Waals surface area contributed by atoms with Crippen molar-refractivity contribution >= 4 is 6.09 Å². The van der Waals surface area contributed by atoms with Crippen LogP contribution in [0.1, 0.15) is 56.3 Å². The molecule has 2 aromatic rings. The highest BCUT2D eigenvalue weighted by atomic mass is 19.1. The van der Waals surface area contributed by atoms with Crippen LogP contribution in [0.25, 0.3) is 0 Å². The summed E-state index contributed by atoms with van der Waals surface area (Å²) in [5.41, 5.74) is 0.885. The molecular weight excluding hydrogens is 357 g/mol. The van der Waals surface area contributed by atoms with Gasteiger partial charge in [-0.05, 0) is 51.0 Å². The molecule has 1 aliphatic rings. The second-order valence-electron chi connectivity index (χ2n) is 8.39. The fraction of sp³-hybridized carbons (Fsp3) is 0.435. The first-order valence-electron chi connectivity index (χ1n) is 9.64. The van der Waals surface area contributed by atoms with Gasteiger partial charge in [0.2, 0.25) is 0 Å². The van der Waals surface area contributed by atoms with Gasteiger partial charge in [0.05, 0.1) is 11.6 Å². The highest BCUT2D eigenvalue weighted by Crippen LogP contribution is 2.42. The second kappa shape index (κ2) is 7.55. The van der Waals surface area contributed by atoms with E-state index in [1.165, 1.54) is 12.1 Å². The van der Waals surface area contributed by atoms with E-state index >= 15 is 0 Å². The number of amides is 1. The largest absolute Gasteiger partial charge is 0.438 e. The Bertz CT molecular complexity index is 826. The number of nitrogens with zero attached hydrogens (tertiary/aromatic N) is 1. The normalized spacial score (nSPS) is 21.4. The van der Waals surface area contributed by atoms with E-state index in [2.05, 4.69) is 0 Å². The third-order valence-electron chi connectivity index (χ3n) is 5.39. The number of carbonyl (C=O) groups is 1. The van der Waals surface area contributed by atoms with Crippen LogP contribution < -0.4 is 0 Å². The molecule has 28 heavy (non-hydrogen) atoms. The Morgan fingerprint density at radius 2 is 1.79 bits per heavy atom. The molecule has 5 heteroatoms. The van der Waals surface area contributed by atoms with Gasteiger partial charge in [-0.25, -0.2) is 9.18 Å². The van der Waals surface area contributed by atoms with Crippen LogP contribution >= 0.6 is 0 Å². The summed E-state index contributed by atoms with van der Waals surface area (Å²) in [5.74, 6) is -0.348. The third-order valence-corrected chi connectivity index (χ3v) is 5.39. The molecule has 0 radical (unpaired) electrons. The van der Waals surface area contributed by atoms with Gasteiger partial charge in [0, 0.05) is 19.4 Å². The Balaban J connectivity index is 1.87. The Morgan fingerprint density at radius 3 is 2.32 bits per heavy atom. The Hall–Kier alpha value is -2.40. The Morgan fingerprint density at radius 1 is 1.18 bits per heavy atom. The molecule has 2 atom stereocenters. The molecule has 2 aromatic carbocycles. The molecule has 1 unspecified atom stereocenters. The number of aryl methyl sites for hydroxylation is 1. The summed E-state index contributed by atoms with van der Waals surface area (Å²) in [5, 5.41) is 10.4. The van der Waals surface area contributed by atoms with Crippen molar-refractivity contribution in [2.24, 2.45) is 0 Å². The molecule has 1 heterocycles. The number of aliphatic hydroxyl groups is 1. The van der Waals surface area contributed by atoms with Crippen molar-refractivity contribution in [1.82, 2.24) is 4.90 Å². The average Bonchev–Trinajstić information content (AvgIpc) is 2.61. The molecule has 3 rings (SSSR count). The monoisotopic (exact) mass is 385 g/mol. The van der Waals surface area contributed by atoms with Crippen LogP contribution in [0.4, 0.5) is 9.18 Å². The van der Waals surface area contributed by atoms with E-state index in [-0.39, 0.29) is 18.3 Å². The van der Waals surface area contributed by atoms with E-state index < -0.39 is 17.3 Å². The van der Waals surface area contributed by atoms with Gasteiger partial charge < -0.3 is 14.7 Å². The fourth-order valence-electron chi connectivity index (χ4n) is 3.93. The van der Waals surface area contributed by atoms with Crippen LogP contribution in [0.3, 0.4) is 0 Å². The lowest BCUT2D eigenvalue weighted by Gasteiger charge is -2.45. The molecule has 1 aliphatic heterocycles. The minimum atomic E-state index is -1.04. The number of ether oxygens (including phenoxy) is 1. The van der Waals surface area contributed by atoms with Gasteiger partial charge in [-0.2, -0.15) is 0 Å². The van der Waals surface area contributed by atoms with Crippen molar-refractivity contribution in [2.75, 3.05) is 6.54 Å². The van der Waals surface area contributed by atoms with Gasteiger partial charge in [0.25, 0.3) is 0 Å². The van der Waals surface area contributed by atoms with Crippen molar-refractivity contribution < 1.29 is 19.0 Å². The summed E-state index contributed by atoms with van der Waals surface area (Å²) in [4.78, 5) is 14.7. The molecule has 0 bridgehead atoms. The lowest BCUT2D eigenvalue weighted by Crippen LogP contribution is -2.51. The lowest BCUT2D eigenvalue weighted by atomic mass is 9.80. The van der Waals surface area contributed by atoms with Crippen molar-refractivity contribution in [3.05, 3.63) is 71.0 Å². The van der Waals surface area contributed by atoms with E-state index in [1.54, 1.807) is 30.9 Å². The fourth-order valence-corrected chi connectivity index (χ4v) is 3.93. The third kappa shape index (κ3) is 4.36. The smallest absolute Gasteiger partial charge is 0.411 e. The van der Waals surface area contributed by atoms with E-state index in [9.17, 15) is 14.3 Å². The van der Waals surface area contributed by atoms with E-state index in [0.717, 1.165) is 11.1 Å². The summed E-state index contributed by atoms with van der Waals surface area (Å²) in [7, 11) is 0.